The molecule has 1 aromatic heterocycles. The monoisotopic (exact) mass is 342 g/mol. The lowest BCUT2D eigenvalue weighted by Crippen LogP contribution is -2.31. The van der Waals surface area contributed by atoms with Crippen molar-refractivity contribution in [2.45, 2.75) is 0 Å². The van der Waals surface area contributed by atoms with Crippen molar-refractivity contribution in [3.8, 4) is 11.4 Å². The fourth-order valence-electron chi connectivity index (χ4n) is 2.39. The van der Waals surface area contributed by atoms with Crippen LogP contribution in [0.1, 0.15) is 10.4 Å². The predicted molar refractivity (Wildman–Crippen MR) is 97.4 cm³/mol. The zero-order valence-corrected chi connectivity index (χ0v) is 14.4. The molecule has 0 aliphatic heterocycles. The highest BCUT2D eigenvalue weighted by Gasteiger charge is 2.10. The van der Waals surface area contributed by atoms with Crippen LogP contribution < -0.4 is 5.32 Å². The van der Waals surface area contributed by atoms with E-state index in [2.05, 4.69) is 15.3 Å². The van der Waals surface area contributed by atoms with Gasteiger partial charge in [0, 0.05) is 29.2 Å². The first-order chi connectivity index (χ1) is 11.5. The Labute approximate surface area is 145 Å². The van der Waals surface area contributed by atoms with Crippen LogP contribution in [-0.4, -0.2) is 48.0 Å². The van der Waals surface area contributed by atoms with Gasteiger partial charge in [0.25, 0.3) is 5.91 Å². The molecule has 5 nitrogen and oxygen atoms in total. The van der Waals surface area contributed by atoms with Crippen LogP contribution in [0.2, 0.25) is 5.02 Å². The van der Waals surface area contributed by atoms with Gasteiger partial charge in [-0.1, -0.05) is 11.6 Å². The minimum Gasteiger partial charge on any atom is -0.351 e. The highest BCUT2D eigenvalue weighted by atomic mass is 35.5. The van der Waals surface area contributed by atoms with Gasteiger partial charge in [-0.15, -0.1) is 0 Å². The molecule has 24 heavy (non-hydrogen) atoms. The van der Waals surface area contributed by atoms with E-state index in [0.29, 0.717) is 17.1 Å². The van der Waals surface area contributed by atoms with Crippen LogP contribution in [0.15, 0.2) is 42.5 Å². The van der Waals surface area contributed by atoms with Crippen LogP contribution in [0.25, 0.3) is 22.4 Å². The van der Waals surface area contributed by atoms with Gasteiger partial charge in [-0.3, -0.25) is 4.79 Å². The third-order valence-corrected chi connectivity index (χ3v) is 3.96. The molecule has 3 rings (SSSR count). The van der Waals surface area contributed by atoms with Gasteiger partial charge in [0.15, 0.2) is 0 Å². The number of aromatic amines is 1. The molecule has 0 fully saturated rings. The number of aromatic nitrogens is 2. The number of benzene rings is 2. The molecule has 124 valence electrons. The quantitative estimate of drug-likeness (QED) is 0.748. The number of hydrogen-bond acceptors (Lipinski definition) is 3. The number of carbonyl (C=O) groups is 1. The number of imidazole rings is 1. The number of hydrogen-bond donors (Lipinski definition) is 2. The molecule has 1 amide bonds. The molecule has 0 spiro atoms. The Kier molecular flexibility index (Phi) is 4.83. The van der Waals surface area contributed by atoms with E-state index in [-0.39, 0.29) is 5.91 Å². The van der Waals surface area contributed by atoms with Gasteiger partial charge in [-0.25, -0.2) is 4.98 Å². The number of rotatable bonds is 5. The largest absolute Gasteiger partial charge is 0.351 e. The molecule has 0 radical (unpaired) electrons. The van der Waals surface area contributed by atoms with Gasteiger partial charge in [0.1, 0.15) is 5.82 Å². The number of carbonyl (C=O) groups excluding carboxylic acids is 1. The Morgan fingerprint density at radius 1 is 1.21 bits per heavy atom. The second-order valence-electron chi connectivity index (χ2n) is 5.88. The molecule has 2 aromatic carbocycles. The Hall–Kier alpha value is -2.37. The lowest BCUT2D eigenvalue weighted by molar-refractivity contribution is 0.0951. The zero-order valence-electron chi connectivity index (χ0n) is 13.6. The fraction of sp³-hybridized carbons (Fsp3) is 0.222. The van der Waals surface area contributed by atoms with Crippen molar-refractivity contribution in [2.24, 2.45) is 0 Å². The predicted octanol–water partition coefficient (Wildman–Crippen LogP) is 3.17. The second kappa shape index (κ2) is 7.03. The van der Waals surface area contributed by atoms with Gasteiger partial charge < -0.3 is 15.2 Å². The van der Waals surface area contributed by atoms with Crippen molar-refractivity contribution in [2.75, 3.05) is 27.2 Å². The van der Waals surface area contributed by atoms with E-state index in [4.69, 9.17) is 11.6 Å². The summed E-state index contributed by atoms with van der Waals surface area (Å²) >= 11 is 5.92. The topological polar surface area (TPSA) is 61.0 Å². The van der Waals surface area contributed by atoms with Gasteiger partial charge in [0.2, 0.25) is 0 Å². The summed E-state index contributed by atoms with van der Waals surface area (Å²) in [4.78, 5) is 22.1. The highest BCUT2D eigenvalue weighted by Crippen LogP contribution is 2.22. The van der Waals surface area contributed by atoms with Crippen LogP contribution in [-0.2, 0) is 0 Å². The molecule has 3 aromatic rings. The molecule has 2 N–H and O–H groups in total. The van der Waals surface area contributed by atoms with Crippen molar-refractivity contribution in [1.29, 1.82) is 0 Å². The SMILES string of the molecule is CN(C)CCNC(=O)c1ccc2nc(-c3ccc(Cl)cc3)[nH]c2c1. The highest BCUT2D eigenvalue weighted by molar-refractivity contribution is 6.30. The number of amides is 1. The Morgan fingerprint density at radius 3 is 2.67 bits per heavy atom. The van der Waals surface area contributed by atoms with E-state index in [0.717, 1.165) is 29.0 Å². The number of nitrogens with zero attached hydrogens (tertiary/aromatic N) is 2. The second-order valence-corrected chi connectivity index (χ2v) is 6.32. The third kappa shape index (κ3) is 3.75. The maximum absolute atomic E-state index is 12.2. The van der Waals surface area contributed by atoms with Crippen LogP contribution >= 0.6 is 11.6 Å². The summed E-state index contributed by atoms with van der Waals surface area (Å²) in [5, 5.41) is 3.60. The maximum atomic E-state index is 12.2. The molecule has 0 aliphatic carbocycles. The van der Waals surface area contributed by atoms with Crippen LogP contribution in [0.5, 0.6) is 0 Å². The molecule has 0 aliphatic rings. The zero-order chi connectivity index (χ0) is 17.1. The molecule has 0 saturated heterocycles. The summed E-state index contributed by atoms with van der Waals surface area (Å²) in [6.45, 7) is 1.42. The van der Waals surface area contributed by atoms with Gasteiger partial charge >= 0.3 is 0 Å². The average molecular weight is 343 g/mol. The first-order valence-corrected chi connectivity index (χ1v) is 8.09. The van der Waals surface area contributed by atoms with E-state index >= 15 is 0 Å². The van der Waals surface area contributed by atoms with Crippen molar-refractivity contribution in [3.63, 3.8) is 0 Å². The number of nitrogens with one attached hydrogen (secondary N) is 2. The molecular formula is C18H19ClN4O. The summed E-state index contributed by atoms with van der Waals surface area (Å²) in [7, 11) is 3.95. The Morgan fingerprint density at radius 2 is 1.96 bits per heavy atom. The van der Waals surface area contributed by atoms with Crippen molar-refractivity contribution in [1.82, 2.24) is 20.2 Å². The molecule has 0 saturated carbocycles. The van der Waals surface area contributed by atoms with Crippen LogP contribution in [0.3, 0.4) is 0 Å². The summed E-state index contributed by atoms with van der Waals surface area (Å²) in [6.07, 6.45) is 0. The first-order valence-electron chi connectivity index (χ1n) is 7.71. The van der Waals surface area contributed by atoms with E-state index in [1.165, 1.54) is 0 Å². The molecular weight excluding hydrogens is 324 g/mol. The molecule has 0 unspecified atom stereocenters. The van der Waals surface area contributed by atoms with Gasteiger partial charge in [-0.05, 0) is 56.6 Å². The smallest absolute Gasteiger partial charge is 0.251 e. The minimum atomic E-state index is -0.0820. The third-order valence-electron chi connectivity index (χ3n) is 3.71. The van der Waals surface area contributed by atoms with E-state index in [1.807, 2.05) is 55.4 Å². The summed E-state index contributed by atoms with van der Waals surface area (Å²) in [5.41, 5.74) is 3.23. The maximum Gasteiger partial charge on any atom is 0.251 e. The normalized spacial score (nSPS) is 11.2. The number of fused-ring (bicyclic) bond motifs is 1. The Bertz CT molecular complexity index is 855. The lowest BCUT2D eigenvalue weighted by atomic mass is 10.2. The number of likely N-dealkylation sites (N-methyl/N-ethyl adjacent to an activating group) is 1. The first kappa shape index (κ1) is 16.5. The molecule has 6 heteroatoms. The van der Waals surface area contributed by atoms with Crippen molar-refractivity contribution >= 4 is 28.5 Å². The fourth-order valence-corrected chi connectivity index (χ4v) is 2.52. The summed E-state index contributed by atoms with van der Waals surface area (Å²) < 4.78 is 0. The van der Waals surface area contributed by atoms with Gasteiger partial charge in [0.05, 0.1) is 11.0 Å². The molecule has 0 bridgehead atoms. The van der Waals surface area contributed by atoms with E-state index in [1.54, 1.807) is 6.07 Å². The minimum absolute atomic E-state index is 0.0820. The van der Waals surface area contributed by atoms with Crippen molar-refractivity contribution in [3.05, 3.63) is 53.1 Å². The summed E-state index contributed by atoms with van der Waals surface area (Å²) in [6, 6.07) is 12.9. The lowest BCUT2D eigenvalue weighted by Gasteiger charge is -2.10. The standard InChI is InChI=1S/C18H19ClN4O/c1-23(2)10-9-20-18(24)13-5-8-15-16(11-13)22-17(21-15)12-3-6-14(19)7-4-12/h3-8,11H,9-10H2,1-2H3,(H,20,24)(H,21,22). The van der Waals surface area contributed by atoms with Crippen molar-refractivity contribution < 1.29 is 4.79 Å². The van der Waals surface area contributed by atoms with Gasteiger partial charge in [-0.2, -0.15) is 0 Å². The summed E-state index contributed by atoms with van der Waals surface area (Å²) in [5.74, 6) is 0.674. The van der Waals surface area contributed by atoms with E-state index in [9.17, 15) is 4.79 Å². The average Bonchev–Trinajstić information content (AvgIpc) is 2.98. The van der Waals surface area contributed by atoms with Crippen LogP contribution in [0, 0.1) is 0 Å². The molecule has 1 heterocycles. The molecule has 0 atom stereocenters. The van der Waals surface area contributed by atoms with E-state index < -0.39 is 0 Å². The number of halogens is 1. The number of H-pyrrole nitrogens is 1. The van der Waals surface area contributed by atoms with Crippen LogP contribution in [0.4, 0.5) is 0 Å². The Balaban J connectivity index is 1.81.